The lowest BCUT2D eigenvalue weighted by atomic mass is 10.1. The van der Waals surface area contributed by atoms with Crippen LogP contribution in [0, 0.1) is 22.0 Å². The van der Waals surface area contributed by atoms with E-state index in [9.17, 15) is 48.8 Å². The number of hydrogen-bond donors (Lipinski definition) is 3. The average Bonchev–Trinajstić information content (AvgIpc) is 3.96. The van der Waals surface area contributed by atoms with Crippen molar-refractivity contribution in [2.24, 2.45) is 11.8 Å². The third-order valence-corrected chi connectivity index (χ3v) is 10.4. The molecule has 2 saturated heterocycles. The minimum atomic E-state index is -1.26. The highest BCUT2D eigenvalue weighted by Gasteiger charge is 2.63. The van der Waals surface area contributed by atoms with Crippen molar-refractivity contribution in [3.05, 3.63) is 65.3 Å². The first kappa shape index (κ1) is 47.6. The van der Waals surface area contributed by atoms with Crippen LogP contribution in [0.15, 0.2) is 49.6 Å². The zero-order chi connectivity index (χ0) is 45.8. The fraction of sp³-hybridized carbons (Fsp3) is 0.585. The van der Waals surface area contributed by atoms with Gasteiger partial charge in [0, 0.05) is 36.8 Å². The van der Waals surface area contributed by atoms with Crippen molar-refractivity contribution in [2.75, 3.05) is 27.3 Å². The molecule has 3 N–H and O–H groups in total. The number of esters is 3. The molecular formula is C41H55N5O15. The van der Waals surface area contributed by atoms with Gasteiger partial charge < -0.3 is 39.4 Å². The first-order valence-corrected chi connectivity index (χ1v) is 19.5. The molecule has 0 spiro atoms. The second kappa shape index (κ2) is 18.3. The van der Waals surface area contributed by atoms with Gasteiger partial charge >= 0.3 is 30.1 Å². The molecule has 4 aliphatic rings. The molecule has 2 aliphatic heterocycles. The number of amides is 4. The molecule has 5 rings (SSSR count). The molecule has 2 aliphatic carbocycles. The van der Waals surface area contributed by atoms with E-state index in [0.29, 0.717) is 12.8 Å². The van der Waals surface area contributed by atoms with E-state index in [-0.39, 0.29) is 49.0 Å². The Labute approximate surface area is 353 Å². The summed E-state index contributed by atoms with van der Waals surface area (Å²) in [6.45, 7) is 17.4. The highest BCUT2D eigenvalue weighted by molar-refractivity contribution is 5.96. The predicted molar refractivity (Wildman–Crippen MR) is 213 cm³/mol. The lowest BCUT2D eigenvalue weighted by molar-refractivity contribution is -0.384. The minimum Gasteiger partial charge on any atom is -0.467 e. The summed E-state index contributed by atoms with van der Waals surface area (Å²) in [5.41, 5.74) is -4.07. The number of nitrogens with zero attached hydrogens (tertiary/aromatic N) is 3. The lowest BCUT2D eigenvalue weighted by Gasteiger charge is -2.28. The van der Waals surface area contributed by atoms with Crippen LogP contribution in [-0.4, -0.2) is 136 Å². The first-order valence-electron chi connectivity index (χ1n) is 19.5. The Morgan fingerprint density at radius 1 is 0.770 bits per heavy atom. The number of benzene rings is 1. The second-order valence-corrected chi connectivity index (χ2v) is 17.3. The molecular weight excluding hydrogens is 802 g/mol. The Hall–Kier alpha value is -6.05. The van der Waals surface area contributed by atoms with Crippen LogP contribution >= 0.6 is 0 Å². The molecule has 4 fully saturated rings. The van der Waals surface area contributed by atoms with Gasteiger partial charge in [0.25, 0.3) is 5.69 Å². The van der Waals surface area contributed by atoms with E-state index < -0.39 is 93.4 Å². The Kier molecular flexibility index (Phi) is 14.3. The average molecular weight is 858 g/mol. The van der Waals surface area contributed by atoms with Crippen molar-refractivity contribution in [1.82, 2.24) is 20.4 Å². The highest BCUT2D eigenvalue weighted by Crippen LogP contribution is 2.46. The monoisotopic (exact) mass is 857 g/mol. The number of carbonyl (C=O) groups is 7. The van der Waals surface area contributed by atoms with Gasteiger partial charge in [0.1, 0.15) is 40.5 Å². The van der Waals surface area contributed by atoms with Crippen molar-refractivity contribution in [3.8, 4) is 0 Å². The van der Waals surface area contributed by atoms with E-state index in [1.54, 1.807) is 53.7 Å². The lowest BCUT2D eigenvalue weighted by Crippen LogP contribution is -2.53. The maximum atomic E-state index is 13.3. The zero-order valence-electron chi connectivity index (χ0n) is 35.6. The summed E-state index contributed by atoms with van der Waals surface area (Å²) in [6.07, 6.45) is 0.751. The number of carbonyl (C=O) groups excluding carboxylic acids is 7. The van der Waals surface area contributed by atoms with Crippen LogP contribution in [0.3, 0.4) is 0 Å². The van der Waals surface area contributed by atoms with Gasteiger partial charge in [-0.05, 0) is 66.5 Å². The van der Waals surface area contributed by atoms with Gasteiger partial charge in [-0.25, -0.2) is 24.0 Å². The zero-order valence-corrected chi connectivity index (χ0v) is 35.6. The van der Waals surface area contributed by atoms with Crippen LogP contribution in [0.4, 0.5) is 15.3 Å². The van der Waals surface area contributed by atoms with Gasteiger partial charge in [-0.15, -0.1) is 13.2 Å². The van der Waals surface area contributed by atoms with E-state index in [1.807, 2.05) is 0 Å². The molecule has 0 bridgehead atoms. The van der Waals surface area contributed by atoms with Crippen LogP contribution in [0.25, 0.3) is 0 Å². The molecule has 334 valence electrons. The number of non-ortho nitro benzene ring substituents is 1. The third-order valence-electron chi connectivity index (χ3n) is 10.4. The van der Waals surface area contributed by atoms with Crippen molar-refractivity contribution in [3.63, 3.8) is 0 Å². The van der Waals surface area contributed by atoms with Gasteiger partial charge in [0.05, 0.1) is 43.9 Å². The van der Waals surface area contributed by atoms with E-state index in [4.69, 9.17) is 23.7 Å². The number of methoxy groups -OCH3 is 2. The molecule has 0 radical (unpaired) electrons. The van der Waals surface area contributed by atoms with E-state index in [1.165, 1.54) is 43.4 Å². The quantitative estimate of drug-likeness (QED) is 0.0950. The predicted octanol–water partition coefficient (Wildman–Crippen LogP) is 2.95. The molecule has 20 nitrogen and oxygen atoms in total. The van der Waals surface area contributed by atoms with Crippen LogP contribution < -0.4 is 10.6 Å². The molecule has 1 aromatic carbocycles. The van der Waals surface area contributed by atoms with E-state index >= 15 is 0 Å². The maximum absolute atomic E-state index is 13.3. The fourth-order valence-corrected chi connectivity index (χ4v) is 7.15. The normalized spacial score (nSPS) is 27.5. The summed E-state index contributed by atoms with van der Waals surface area (Å²) < 4.78 is 25.8. The van der Waals surface area contributed by atoms with Gasteiger partial charge in [0.15, 0.2) is 0 Å². The van der Waals surface area contributed by atoms with Crippen LogP contribution in [0.2, 0.25) is 0 Å². The second-order valence-electron chi connectivity index (χ2n) is 17.3. The van der Waals surface area contributed by atoms with Crippen LogP contribution in [-0.2, 0) is 42.9 Å². The number of nitrogens with one attached hydrogen (secondary N) is 2. The van der Waals surface area contributed by atoms with Crippen molar-refractivity contribution in [2.45, 2.75) is 114 Å². The molecule has 20 heteroatoms. The Balaban J connectivity index is 0.000000287. The Bertz CT molecular complexity index is 1920. The molecule has 8 atom stereocenters. The Morgan fingerprint density at radius 3 is 1.57 bits per heavy atom. The molecule has 2 saturated carbocycles. The third kappa shape index (κ3) is 11.2. The number of rotatable bonds is 11. The Morgan fingerprint density at radius 2 is 1.20 bits per heavy atom. The number of aliphatic hydroxyl groups excluding tert-OH is 1. The molecule has 2 heterocycles. The van der Waals surface area contributed by atoms with Crippen LogP contribution in [0.1, 0.15) is 77.6 Å². The van der Waals surface area contributed by atoms with Gasteiger partial charge in [-0.3, -0.25) is 29.5 Å². The molecule has 1 aromatic rings. The minimum absolute atomic E-state index is 0.00309. The van der Waals surface area contributed by atoms with E-state index in [0.717, 1.165) is 4.90 Å². The SMILES string of the molecule is C=C[C@@H]1C[C@]1(NC(=O)[C@@H]1C[C@H](O)CN1C(=O)OC(C)(C)C)C(=O)OC.C=C[C@@H]1C[C@]1(NC(=O)[C@@H]1C[C@H](OC(=O)c2ccc([N+](=O)[O-])cc2)CN1C(=O)OC(C)(C)C)C(=O)OC. The topological polar surface area (TPSA) is 260 Å². The van der Waals surface area contributed by atoms with Crippen molar-refractivity contribution in [1.29, 1.82) is 0 Å². The van der Waals surface area contributed by atoms with Gasteiger partial charge in [-0.1, -0.05) is 12.2 Å². The summed E-state index contributed by atoms with van der Waals surface area (Å²) in [5.74, 6) is -3.61. The molecule has 61 heavy (non-hydrogen) atoms. The number of likely N-dealkylation sites (tertiary alicyclic amines) is 2. The summed E-state index contributed by atoms with van der Waals surface area (Å²) in [7, 11) is 2.46. The number of nitro groups is 1. The van der Waals surface area contributed by atoms with Crippen LogP contribution in [0.5, 0.6) is 0 Å². The van der Waals surface area contributed by atoms with Gasteiger partial charge in [0.2, 0.25) is 11.8 Å². The summed E-state index contributed by atoms with van der Waals surface area (Å²) in [5, 5.41) is 26.1. The fourth-order valence-electron chi connectivity index (χ4n) is 7.15. The highest BCUT2D eigenvalue weighted by atomic mass is 16.6. The van der Waals surface area contributed by atoms with Gasteiger partial charge in [-0.2, -0.15) is 0 Å². The number of nitro benzene ring substituents is 1. The molecule has 4 amide bonds. The smallest absolute Gasteiger partial charge is 0.411 e. The largest absolute Gasteiger partial charge is 0.467 e. The standard InChI is InChI=1S/C24H29N3O9.C17H26N2O6/c1-6-15-12-24(15,21(30)34-5)25-19(28)18-11-17(13-26(18)22(31)36-23(2,3)4)35-20(29)14-7-9-16(10-8-14)27(32)33;1-6-10-8-17(10,14(22)24-5)18-13(21)12-7-11(20)9-19(12)15(23)25-16(2,3)4/h6-10,15,17-18H,1,11-13H2,2-5H3,(H,25,28);6,10-12,20H,1,7-9H2,2-5H3,(H,18,21)/t15-,17+,18+,24-;10-,11+,12+,17-/m11/s1. The number of hydrogen-bond acceptors (Lipinski definition) is 15. The maximum Gasteiger partial charge on any atom is 0.411 e. The number of aliphatic hydroxyl groups is 1. The number of ether oxygens (including phenoxy) is 5. The molecule has 0 unspecified atom stereocenters. The summed E-state index contributed by atoms with van der Waals surface area (Å²) in [4.78, 5) is 101. The summed E-state index contributed by atoms with van der Waals surface area (Å²) in [6, 6.07) is 2.88. The molecule has 0 aromatic heterocycles. The number of β-amino-alcohol motifs (C(OH)–C–C–N with tert-alkyl or cyclic N) is 1. The van der Waals surface area contributed by atoms with E-state index in [2.05, 4.69) is 23.8 Å². The van der Waals surface area contributed by atoms with Crippen molar-refractivity contribution < 1.29 is 67.3 Å². The van der Waals surface area contributed by atoms with Crippen molar-refractivity contribution >= 4 is 47.6 Å². The first-order chi connectivity index (χ1) is 28.3. The summed E-state index contributed by atoms with van der Waals surface area (Å²) >= 11 is 0.